The first-order valence-corrected chi connectivity index (χ1v) is 8.88. The summed E-state index contributed by atoms with van der Waals surface area (Å²) in [7, 11) is 0. The lowest BCUT2D eigenvalue weighted by molar-refractivity contribution is -0.139. The predicted octanol–water partition coefficient (Wildman–Crippen LogP) is 2.13. The van der Waals surface area contributed by atoms with Crippen molar-refractivity contribution in [2.24, 2.45) is 11.3 Å². The highest BCUT2D eigenvalue weighted by molar-refractivity contribution is 5.80. The topological polar surface area (TPSA) is 45.9 Å². The zero-order valence-electron chi connectivity index (χ0n) is 13.7. The summed E-state index contributed by atoms with van der Waals surface area (Å²) in [5.41, 5.74) is 0.102. The lowest BCUT2D eigenvalue weighted by atomic mass is 9.71. The van der Waals surface area contributed by atoms with E-state index >= 15 is 0 Å². The van der Waals surface area contributed by atoms with Crippen LogP contribution in [0.15, 0.2) is 22.8 Å². The highest BCUT2D eigenvalue weighted by atomic mass is 16.5. The van der Waals surface area contributed by atoms with Crippen molar-refractivity contribution in [2.45, 2.75) is 32.2 Å². The van der Waals surface area contributed by atoms with Gasteiger partial charge in [0.15, 0.2) is 0 Å². The van der Waals surface area contributed by atoms with Crippen molar-refractivity contribution < 1.29 is 13.9 Å². The molecule has 0 N–H and O–H groups in total. The van der Waals surface area contributed by atoms with Gasteiger partial charge in [-0.05, 0) is 37.8 Å². The Labute approximate surface area is 137 Å². The minimum Gasteiger partial charge on any atom is -0.468 e. The lowest BCUT2D eigenvalue weighted by Gasteiger charge is -2.38. The molecule has 3 saturated heterocycles. The Balaban J connectivity index is 1.52. The molecule has 1 unspecified atom stereocenters. The number of carbonyl (C=O) groups excluding carboxylic acids is 1. The molecule has 1 aromatic rings. The SMILES string of the molecule is O=C(C1CN(Cc2ccco2)CC12CCOCC2)N1CCCC1. The van der Waals surface area contributed by atoms with E-state index in [9.17, 15) is 4.79 Å². The van der Waals surface area contributed by atoms with Crippen molar-refractivity contribution in [1.82, 2.24) is 9.80 Å². The number of likely N-dealkylation sites (tertiary alicyclic amines) is 2. The molecule has 4 heterocycles. The number of hydrogen-bond acceptors (Lipinski definition) is 4. The number of ether oxygens (including phenoxy) is 1. The number of rotatable bonds is 3. The molecule has 1 spiro atoms. The Bertz CT molecular complexity index is 530. The quantitative estimate of drug-likeness (QED) is 0.856. The van der Waals surface area contributed by atoms with Crippen molar-refractivity contribution in [2.75, 3.05) is 39.4 Å². The molecule has 0 radical (unpaired) electrons. The fraction of sp³-hybridized carbons (Fsp3) is 0.722. The summed E-state index contributed by atoms with van der Waals surface area (Å²) in [5, 5.41) is 0. The summed E-state index contributed by atoms with van der Waals surface area (Å²) >= 11 is 0. The first-order chi connectivity index (χ1) is 11.3. The van der Waals surface area contributed by atoms with Crippen molar-refractivity contribution >= 4 is 5.91 Å². The molecule has 23 heavy (non-hydrogen) atoms. The van der Waals surface area contributed by atoms with E-state index in [2.05, 4.69) is 9.80 Å². The van der Waals surface area contributed by atoms with Crippen LogP contribution in [0.4, 0.5) is 0 Å². The zero-order chi connectivity index (χ0) is 15.7. The van der Waals surface area contributed by atoms with Gasteiger partial charge in [-0.2, -0.15) is 0 Å². The minimum atomic E-state index is 0.102. The van der Waals surface area contributed by atoms with Gasteiger partial charge < -0.3 is 14.1 Å². The second-order valence-corrected chi connectivity index (χ2v) is 7.31. The van der Waals surface area contributed by atoms with Crippen LogP contribution in [0, 0.1) is 11.3 Å². The number of carbonyl (C=O) groups is 1. The molecule has 1 amide bonds. The van der Waals surface area contributed by atoms with Crippen LogP contribution in [0.1, 0.15) is 31.4 Å². The van der Waals surface area contributed by atoms with E-state index < -0.39 is 0 Å². The van der Waals surface area contributed by atoms with Gasteiger partial charge in [-0.15, -0.1) is 0 Å². The van der Waals surface area contributed by atoms with E-state index in [1.54, 1.807) is 6.26 Å². The molecule has 126 valence electrons. The number of nitrogens with zero attached hydrogens (tertiary/aromatic N) is 2. The summed E-state index contributed by atoms with van der Waals surface area (Å²) in [6, 6.07) is 3.95. The molecule has 0 bridgehead atoms. The second-order valence-electron chi connectivity index (χ2n) is 7.31. The van der Waals surface area contributed by atoms with Crippen LogP contribution in [0.3, 0.4) is 0 Å². The molecule has 1 atom stereocenters. The average molecular weight is 318 g/mol. The van der Waals surface area contributed by atoms with Crippen LogP contribution in [-0.2, 0) is 16.1 Å². The van der Waals surface area contributed by atoms with Gasteiger partial charge in [0.25, 0.3) is 0 Å². The van der Waals surface area contributed by atoms with E-state index in [-0.39, 0.29) is 11.3 Å². The Morgan fingerprint density at radius 3 is 2.74 bits per heavy atom. The monoisotopic (exact) mass is 318 g/mol. The Hall–Kier alpha value is -1.33. The standard InChI is InChI=1S/C18H26N2O3/c21-17(20-7-1-2-8-20)16-13-19(12-15-4-3-9-23-15)14-18(16)5-10-22-11-6-18/h3-4,9,16H,1-2,5-8,10-14H2. The van der Waals surface area contributed by atoms with Gasteiger partial charge in [-0.3, -0.25) is 9.69 Å². The first-order valence-electron chi connectivity index (χ1n) is 8.88. The van der Waals surface area contributed by atoms with Crippen LogP contribution in [0.5, 0.6) is 0 Å². The average Bonchev–Trinajstić information content (AvgIpc) is 3.30. The Morgan fingerprint density at radius 1 is 1.26 bits per heavy atom. The van der Waals surface area contributed by atoms with Crippen LogP contribution in [0.25, 0.3) is 0 Å². The molecule has 0 saturated carbocycles. The molecule has 3 fully saturated rings. The fourth-order valence-corrected chi connectivity index (χ4v) is 4.60. The van der Waals surface area contributed by atoms with Gasteiger partial charge >= 0.3 is 0 Å². The van der Waals surface area contributed by atoms with E-state index in [0.717, 1.165) is 77.4 Å². The molecule has 5 heteroatoms. The molecule has 4 rings (SSSR count). The maximum Gasteiger partial charge on any atom is 0.227 e. The number of furan rings is 1. The van der Waals surface area contributed by atoms with E-state index in [1.807, 2.05) is 12.1 Å². The van der Waals surface area contributed by atoms with E-state index in [0.29, 0.717) is 5.91 Å². The van der Waals surface area contributed by atoms with Gasteiger partial charge in [0.05, 0.1) is 18.7 Å². The predicted molar refractivity (Wildman–Crippen MR) is 85.8 cm³/mol. The van der Waals surface area contributed by atoms with Crippen molar-refractivity contribution in [3.05, 3.63) is 24.2 Å². The van der Waals surface area contributed by atoms with E-state index in [4.69, 9.17) is 9.15 Å². The summed E-state index contributed by atoms with van der Waals surface area (Å²) in [4.78, 5) is 17.6. The fourth-order valence-electron chi connectivity index (χ4n) is 4.60. The first kappa shape index (κ1) is 15.2. The highest BCUT2D eigenvalue weighted by Gasteiger charge is 2.51. The summed E-state index contributed by atoms with van der Waals surface area (Å²) in [6.07, 6.45) is 6.05. The van der Waals surface area contributed by atoms with Crippen molar-refractivity contribution in [3.63, 3.8) is 0 Å². The minimum absolute atomic E-state index is 0.102. The number of amides is 1. The number of hydrogen-bond donors (Lipinski definition) is 0. The molecule has 0 aliphatic carbocycles. The third-order valence-electron chi connectivity index (χ3n) is 5.88. The second kappa shape index (κ2) is 6.29. The Kier molecular flexibility index (Phi) is 4.16. The van der Waals surface area contributed by atoms with Crippen molar-refractivity contribution in [3.8, 4) is 0 Å². The van der Waals surface area contributed by atoms with Gasteiger partial charge in [0.2, 0.25) is 5.91 Å². The van der Waals surface area contributed by atoms with E-state index in [1.165, 1.54) is 0 Å². The normalized spacial score (nSPS) is 27.8. The summed E-state index contributed by atoms with van der Waals surface area (Å²) < 4.78 is 11.1. The maximum absolute atomic E-state index is 13.1. The highest BCUT2D eigenvalue weighted by Crippen LogP contribution is 2.45. The molecule has 0 aromatic carbocycles. The van der Waals surface area contributed by atoms with Gasteiger partial charge in [-0.1, -0.05) is 0 Å². The summed E-state index contributed by atoms with van der Waals surface area (Å²) in [6.45, 7) is 6.12. The molecular weight excluding hydrogens is 292 g/mol. The molecule has 5 nitrogen and oxygen atoms in total. The molecule has 3 aliphatic rings. The largest absolute Gasteiger partial charge is 0.468 e. The van der Waals surface area contributed by atoms with Gasteiger partial charge in [-0.25, -0.2) is 0 Å². The Morgan fingerprint density at radius 2 is 2.04 bits per heavy atom. The third-order valence-corrected chi connectivity index (χ3v) is 5.88. The van der Waals surface area contributed by atoms with Gasteiger partial charge in [0, 0.05) is 44.8 Å². The van der Waals surface area contributed by atoms with Crippen LogP contribution >= 0.6 is 0 Å². The zero-order valence-corrected chi connectivity index (χ0v) is 13.7. The summed E-state index contributed by atoms with van der Waals surface area (Å²) in [5.74, 6) is 1.49. The van der Waals surface area contributed by atoms with Crippen LogP contribution in [0.2, 0.25) is 0 Å². The van der Waals surface area contributed by atoms with Crippen LogP contribution < -0.4 is 0 Å². The van der Waals surface area contributed by atoms with Gasteiger partial charge in [0.1, 0.15) is 5.76 Å². The lowest BCUT2D eigenvalue weighted by Crippen LogP contribution is -2.45. The third kappa shape index (κ3) is 2.92. The van der Waals surface area contributed by atoms with Crippen LogP contribution in [-0.4, -0.2) is 55.1 Å². The van der Waals surface area contributed by atoms with Crippen molar-refractivity contribution in [1.29, 1.82) is 0 Å². The smallest absolute Gasteiger partial charge is 0.227 e. The molecule has 1 aromatic heterocycles. The molecular formula is C18H26N2O3. The molecule has 3 aliphatic heterocycles. The maximum atomic E-state index is 13.1.